The highest BCUT2D eigenvalue weighted by molar-refractivity contribution is 5.74. The van der Waals surface area contributed by atoms with E-state index in [1.807, 2.05) is 12.3 Å². The maximum Gasteiger partial charge on any atom is 0.315 e. The van der Waals surface area contributed by atoms with Gasteiger partial charge in [-0.2, -0.15) is 0 Å². The van der Waals surface area contributed by atoms with Crippen molar-refractivity contribution >= 4 is 11.8 Å². The first kappa shape index (κ1) is 18.0. The van der Waals surface area contributed by atoms with Gasteiger partial charge in [-0.1, -0.05) is 33.1 Å². The maximum atomic E-state index is 12.2. The van der Waals surface area contributed by atoms with Crippen LogP contribution < -0.4 is 15.5 Å². The predicted molar refractivity (Wildman–Crippen MR) is 99.9 cm³/mol. The molecule has 25 heavy (non-hydrogen) atoms. The van der Waals surface area contributed by atoms with E-state index >= 15 is 0 Å². The highest BCUT2D eigenvalue weighted by atomic mass is 16.2. The number of piperidine rings is 1. The average molecular weight is 345 g/mol. The summed E-state index contributed by atoms with van der Waals surface area (Å²) in [5.41, 5.74) is 0. The number of anilines is 1. The Kier molecular flexibility index (Phi) is 6.10. The van der Waals surface area contributed by atoms with Crippen LogP contribution in [-0.2, 0) is 0 Å². The van der Waals surface area contributed by atoms with Crippen LogP contribution in [0, 0.1) is 0 Å². The van der Waals surface area contributed by atoms with Gasteiger partial charge in [-0.25, -0.2) is 14.8 Å². The van der Waals surface area contributed by atoms with Crippen molar-refractivity contribution < 1.29 is 4.79 Å². The van der Waals surface area contributed by atoms with Crippen molar-refractivity contribution in [1.82, 2.24) is 20.6 Å². The summed E-state index contributed by atoms with van der Waals surface area (Å²) in [5, 5.41) is 6.30. The lowest BCUT2D eigenvalue weighted by atomic mass is 9.96. The molecule has 6 nitrogen and oxygen atoms in total. The molecule has 1 aliphatic heterocycles. The summed E-state index contributed by atoms with van der Waals surface area (Å²) in [4.78, 5) is 23.5. The lowest BCUT2D eigenvalue weighted by molar-refractivity contribution is 0.226. The van der Waals surface area contributed by atoms with Crippen molar-refractivity contribution in [2.75, 3.05) is 18.0 Å². The molecule has 1 aromatic rings. The Balaban J connectivity index is 1.45. The minimum Gasteiger partial charge on any atom is -0.356 e. The van der Waals surface area contributed by atoms with Crippen LogP contribution >= 0.6 is 0 Å². The molecule has 2 fully saturated rings. The van der Waals surface area contributed by atoms with Crippen LogP contribution in [0.1, 0.15) is 70.5 Å². The van der Waals surface area contributed by atoms with E-state index in [1.54, 1.807) is 0 Å². The van der Waals surface area contributed by atoms with E-state index in [0.717, 1.165) is 50.4 Å². The van der Waals surface area contributed by atoms with Crippen molar-refractivity contribution in [3.05, 3.63) is 18.1 Å². The Labute approximate surface area is 150 Å². The molecule has 1 aliphatic carbocycles. The van der Waals surface area contributed by atoms with Gasteiger partial charge in [-0.15, -0.1) is 0 Å². The second-order valence-electron chi connectivity index (χ2n) is 7.64. The molecule has 0 unspecified atom stereocenters. The fraction of sp³-hybridized carbons (Fsp3) is 0.737. The zero-order valence-electron chi connectivity index (χ0n) is 15.5. The van der Waals surface area contributed by atoms with E-state index < -0.39 is 0 Å². The number of carbonyl (C=O) groups is 1. The number of urea groups is 1. The molecule has 138 valence electrons. The smallest absolute Gasteiger partial charge is 0.315 e. The molecule has 0 atom stereocenters. The van der Waals surface area contributed by atoms with Crippen LogP contribution in [0.5, 0.6) is 0 Å². The molecule has 2 N–H and O–H groups in total. The molecule has 0 radical (unpaired) electrons. The summed E-state index contributed by atoms with van der Waals surface area (Å²) >= 11 is 0. The van der Waals surface area contributed by atoms with Gasteiger partial charge in [0.25, 0.3) is 0 Å². The SMILES string of the molecule is CC(C)c1nccc(N2CCC(NC(=O)NC3CCCCC3)CC2)n1. The Hall–Kier alpha value is -1.85. The molecule has 0 spiro atoms. The van der Waals surface area contributed by atoms with E-state index in [4.69, 9.17) is 0 Å². The molecule has 0 bridgehead atoms. The van der Waals surface area contributed by atoms with Crippen LogP contribution in [0.4, 0.5) is 10.6 Å². The topological polar surface area (TPSA) is 70.2 Å². The van der Waals surface area contributed by atoms with Gasteiger partial charge in [0.1, 0.15) is 11.6 Å². The summed E-state index contributed by atoms with van der Waals surface area (Å²) in [6.07, 6.45) is 9.79. The van der Waals surface area contributed by atoms with Crippen molar-refractivity contribution in [3.8, 4) is 0 Å². The fourth-order valence-electron chi connectivity index (χ4n) is 3.73. The number of aromatic nitrogens is 2. The highest BCUT2D eigenvalue weighted by Crippen LogP contribution is 2.20. The number of carbonyl (C=O) groups excluding carboxylic acids is 1. The average Bonchev–Trinajstić information content (AvgIpc) is 2.63. The molecule has 2 heterocycles. The van der Waals surface area contributed by atoms with E-state index in [1.165, 1.54) is 19.3 Å². The molecule has 1 saturated carbocycles. The normalized spacial score (nSPS) is 19.9. The maximum absolute atomic E-state index is 12.2. The van der Waals surface area contributed by atoms with Crippen molar-refractivity contribution in [2.24, 2.45) is 0 Å². The van der Waals surface area contributed by atoms with Crippen LogP contribution in [0.3, 0.4) is 0 Å². The molecule has 1 saturated heterocycles. The first-order chi connectivity index (χ1) is 12.1. The van der Waals surface area contributed by atoms with Gasteiger partial charge < -0.3 is 15.5 Å². The molecule has 6 heteroatoms. The summed E-state index contributed by atoms with van der Waals surface area (Å²) in [5.74, 6) is 2.23. The van der Waals surface area contributed by atoms with Gasteiger partial charge in [0.2, 0.25) is 0 Å². The number of nitrogens with one attached hydrogen (secondary N) is 2. The Morgan fingerprint density at radius 1 is 1.08 bits per heavy atom. The first-order valence-corrected chi connectivity index (χ1v) is 9.76. The van der Waals surface area contributed by atoms with Crippen molar-refractivity contribution in [1.29, 1.82) is 0 Å². The second kappa shape index (κ2) is 8.50. The van der Waals surface area contributed by atoms with E-state index in [0.29, 0.717) is 12.0 Å². The highest BCUT2D eigenvalue weighted by Gasteiger charge is 2.23. The van der Waals surface area contributed by atoms with Crippen LogP contribution in [0.15, 0.2) is 12.3 Å². The van der Waals surface area contributed by atoms with E-state index in [-0.39, 0.29) is 12.1 Å². The third kappa shape index (κ3) is 5.06. The Morgan fingerprint density at radius 3 is 2.36 bits per heavy atom. The lowest BCUT2D eigenvalue weighted by Crippen LogP contribution is -2.50. The standard InChI is InChI=1S/C19H31N5O/c1-14(2)18-20-11-8-17(23-18)24-12-9-16(10-13-24)22-19(25)21-15-6-4-3-5-7-15/h8,11,14-16H,3-7,9-10,12-13H2,1-2H3,(H2,21,22,25). The van der Waals surface area contributed by atoms with E-state index in [9.17, 15) is 4.79 Å². The Morgan fingerprint density at radius 2 is 1.72 bits per heavy atom. The third-order valence-electron chi connectivity index (χ3n) is 5.27. The molecule has 2 amide bonds. The largest absolute Gasteiger partial charge is 0.356 e. The number of hydrogen-bond donors (Lipinski definition) is 2. The van der Waals surface area contributed by atoms with Crippen molar-refractivity contribution in [3.63, 3.8) is 0 Å². The number of nitrogens with zero attached hydrogens (tertiary/aromatic N) is 3. The van der Waals surface area contributed by atoms with Crippen LogP contribution in [0.25, 0.3) is 0 Å². The minimum atomic E-state index is 0.00878. The molecule has 2 aliphatic rings. The molecule has 3 rings (SSSR count). The van der Waals surface area contributed by atoms with Gasteiger partial charge in [-0.05, 0) is 31.7 Å². The number of hydrogen-bond acceptors (Lipinski definition) is 4. The van der Waals surface area contributed by atoms with Gasteiger partial charge in [0.05, 0.1) is 0 Å². The van der Waals surface area contributed by atoms with Gasteiger partial charge in [0, 0.05) is 37.3 Å². The summed E-state index contributed by atoms with van der Waals surface area (Å²) in [6, 6.07) is 2.61. The molecular weight excluding hydrogens is 314 g/mol. The zero-order chi connectivity index (χ0) is 17.6. The monoisotopic (exact) mass is 345 g/mol. The molecular formula is C19H31N5O. The van der Waals surface area contributed by atoms with Gasteiger partial charge in [0.15, 0.2) is 0 Å². The van der Waals surface area contributed by atoms with Gasteiger partial charge in [-0.3, -0.25) is 0 Å². The fourth-order valence-corrected chi connectivity index (χ4v) is 3.73. The third-order valence-corrected chi connectivity index (χ3v) is 5.27. The van der Waals surface area contributed by atoms with Gasteiger partial charge >= 0.3 is 6.03 Å². The second-order valence-corrected chi connectivity index (χ2v) is 7.64. The summed E-state index contributed by atoms with van der Waals surface area (Å²) in [6.45, 7) is 6.06. The molecule has 0 aromatic carbocycles. The number of amides is 2. The predicted octanol–water partition coefficient (Wildman–Crippen LogP) is 3.20. The first-order valence-electron chi connectivity index (χ1n) is 9.76. The quantitative estimate of drug-likeness (QED) is 0.879. The number of rotatable bonds is 4. The van der Waals surface area contributed by atoms with Crippen molar-refractivity contribution in [2.45, 2.75) is 76.8 Å². The van der Waals surface area contributed by atoms with E-state index in [2.05, 4.69) is 39.3 Å². The summed E-state index contributed by atoms with van der Waals surface area (Å²) < 4.78 is 0. The summed E-state index contributed by atoms with van der Waals surface area (Å²) in [7, 11) is 0. The van der Waals surface area contributed by atoms with Crippen LogP contribution in [-0.4, -0.2) is 41.2 Å². The van der Waals surface area contributed by atoms with Crippen LogP contribution in [0.2, 0.25) is 0 Å². The lowest BCUT2D eigenvalue weighted by Gasteiger charge is -2.33. The minimum absolute atomic E-state index is 0.00878. The Bertz CT molecular complexity index is 563. The zero-order valence-corrected chi connectivity index (χ0v) is 15.5. The molecule has 1 aromatic heterocycles.